The third-order valence-corrected chi connectivity index (χ3v) is 3.73. The van der Waals surface area contributed by atoms with E-state index < -0.39 is 10.0 Å². The molecule has 0 unspecified atom stereocenters. The molecule has 4 N–H and O–H groups in total. The van der Waals surface area contributed by atoms with Crippen LogP contribution in [0.1, 0.15) is 25.2 Å². The summed E-state index contributed by atoms with van der Waals surface area (Å²) in [5.41, 5.74) is 6.32. The van der Waals surface area contributed by atoms with Crippen LogP contribution in [0.5, 0.6) is 0 Å². The molecule has 0 aromatic carbocycles. The van der Waals surface area contributed by atoms with E-state index in [1.165, 1.54) is 0 Å². The van der Waals surface area contributed by atoms with Gasteiger partial charge in [0, 0.05) is 13.1 Å². The first-order valence-electron chi connectivity index (χ1n) is 5.12. The minimum absolute atomic E-state index is 0.0995. The van der Waals surface area contributed by atoms with Crippen molar-refractivity contribution in [1.82, 2.24) is 14.9 Å². The lowest BCUT2D eigenvalue weighted by Crippen LogP contribution is -2.28. The molecule has 0 aliphatic carbocycles. The van der Waals surface area contributed by atoms with Gasteiger partial charge in [0.05, 0.1) is 11.4 Å². The zero-order valence-corrected chi connectivity index (χ0v) is 10.6. The van der Waals surface area contributed by atoms with E-state index in [1.807, 2.05) is 13.8 Å². The number of hydrogen-bond acceptors (Lipinski definition) is 4. The predicted octanol–water partition coefficient (Wildman–Crippen LogP) is 0.111. The van der Waals surface area contributed by atoms with Crippen LogP contribution in [0.25, 0.3) is 0 Å². The second-order valence-corrected chi connectivity index (χ2v) is 5.78. The Kier molecular flexibility index (Phi) is 4.06. The van der Waals surface area contributed by atoms with Crippen molar-refractivity contribution in [3.8, 4) is 0 Å². The van der Waals surface area contributed by atoms with Crippen LogP contribution >= 0.6 is 0 Å². The molecule has 0 aliphatic heterocycles. The van der Waals surface area contributed by atoms with Gasteiger partial charge in [-0.05, 0) is 12.8 Å². The summed E-state index contributed by atoms with van der Waals surface area (Å²) in [4.78, 5) is 0.177. The van der Waals surface area contributed by atoms with E-state index in [1.54, 1.807) is 6.92 Å². The van der Waals surface area contributed by atoms with E-state index in [0.717, 1.165) is 0 Å². The van der Waals surface area contributed by atoms with Crippen molar-refractivity contribution in [3.63, 3.8) is 0 Å². The van der Waals surface area contributed by atoms with Gasteiger partial charge in [0.1, 0.15) is 4.90 Å². The fraction of sp³-hybridized carbons (Fsp3) is 0.667. The van der Waals surface area contributed by atoms with Crippen molar-refractivity contribution in [2.24, 2.45) is 11.7 Å². The molecule has 0 aliphatic rings. The molecule has 0 radical (unpaired) electrons. The Morgan fingerprint density at radius 1 is 1.50 bits per heavy atom. The van der Waals surface area contributed by atoms with Crippen LogP contribution in [0.3, 0.4) is 0 Å². The summed E-state index contributed by atoms with van der Waals surface area (Å²) in [5.74, 6) is 0.253. The number of nitrogens with two attached hydrogens (primary N) is 1. The highest BCUT2D eigenvalue weighted by atomic mass is 32.2. The zero-order valence-electron chi connectivity index (χ0n) is 9.74. The molecule has 0 saturated carbocycles. The highest BCUT2D eigenvalue weighted by Crippen LogP contribution is 2.16. The zero-order chi connectivity index (χ0) is 12.3. The SMILES string of the molecule is Cc1[nH]nc(CN)c1S(=O)(=O)NCC(C)C. The van der Waals surface area contributed by atoms with Crippen molar-refractivity contribution in [2.75, 3.05) is 6.54 Å². The smallest absolute Gasteiger partial charge is 0.244 e. The fourth-order valence-electron chi connectivity index (χ4n) is 1.31. The van der Waals surface area contributed by atoms with Crippen LogP contribution in [0.4, 0.5) is 0 Å². The van der Waals surface area contributed by atoms with Crippen LogP contribution < -0.4 is 10.5 Å². The summed E-state index contributed by atoms with van der Waals surface area (Å²) >= 11 is 0. The molecule has 0 amide bonds. The molecule has 16 heavy (non-hydrogen) atoms. The molecule has 92 valence electrons. The Morgan fingerprint density at radius 2 is 2.12 bits per heavy atom. The highest BCUT2D eigenvalue weighted by Gasteiger charge is 2.23. The molecule has 0 bridgehead atoms. The van der Waals surface area contributed by atoms with Gasteiger partial charge in [0.15, 0.2) is 0 Å². The lowest BCUT2D eigenvalue weighted by Gasteiger charge is -2.09. The summed E-state index contributed by atoms with van der Waals surface area (Å²) in [6, 6.07) is 0. The summed E-state index contributed by atoms with van der Waals surface area (Å²) in [7, 11) is -3.51. The number of aromatic nitrogens is 2. The largest absolute Gasteiger partial charge is 0.325 e. The van der Waals surface area contributed by atoms with Crippen LogP contribution in [-0.4, -0.2) is 25.2 Å². The van der Waals surface area contributed by atoms with Crippen LogP contribution in [0, 0.1) is 12.8 Å². The summed E-state index contributed by atoms with van der Waals surface area (Å²) in [6.07, 6.45) is 0. The molecular weight excluding hydrogens is 228 g/mol. The summed E-state index contributed by atoms with van der Waals surface area (Å²) < 4.78 is 26.5. The van der Waals surface area contributed by atoms with E-state index in [-0.39, 0.29) is 17.4 Å². The first-order chi connectivity index (χ1) is 7.38. The average Bonchev–Trinajstić information content (AvgIpc) is 2.57. The van der Waals surface area contributed by atoms with Gasteiger partial charge in [-0.25, -0.2) is 13.1 Å². The number of rotatable bonds is 5. The molecule has 1 rings (SSSR count). The van der Waals surface area contributed by atoms with E-state index in [2.05, 4.69) is 14.9 Å². The molecule has 7 heteroatoms. The predicted molar refractivity (Wildman–Crippen MR) is 61.2 cm³/mol. The fourth-order valence-corrected chi connectivity index (χ4v) is 2.90. The van der Waals surface area contributed by atoms with Gasteiger partial charge in [0.25, 0.3) is 0 Å². The Balaban J connectivity index is 3.02. The van der Waals surface area contributed by atoms with Gasteiger partial charge in [-0.15, -0.1) is 0 Å². The van der Waals surface area contributed by atoms with Gasteiger partial charge in [0.2, 0.25) is 10.0 Å². The molecule has 0 saturated heterocycles. The number of hydrogen-bond donors (Lipinski definition) is 3. The van der Waals surface area contributed by atoms with Crippen molar-refractivity contribution >= 4 is 10.0 Å². The summed E-state index contributed by atoms with van der Waals surface area (Å²) in [5, 5.41) is 6.49. The second kappa shape index (κ2) is 4.94. The molecule has 0 spiro atoms. The maximum atomic E-state index is 12.0. The van der Waals surface area contributed by atoms with E-state index in [4.69, 9.17) is 5.73 Å². The normalized spacial score (nSPS) is 12.3. The quantitative estimate of drug-likeness (QED) is 0.686. The molecule has 0 fully saturated rings. The van der Waals surface area contributed by atoms with Crippen LogP contribution in [0.15, 0.2) is 4.90 Å². The van der Waals surface area contributed by atoms with Crippen LogP contribution in [0.2, 0.25) is 0 Å². The second-order valence-electron chi connectivity index (χ2n) is 4.07. The first-order valence-corrected chi connectivity index (χ1v) is 6.60. The maximum Gasteiger partial charge on any atom is 0.244 e. The Bertz CT molecular complexity index is 450. The third kappa shape index (κ3) is 2.81. The van der Waals surface area contributed by atoms with Crippen molar-refractivity contribution < 1.29 is 8.42 Å². The highest BCUT2D eigenvalue weighted by molar-refractivity contribution is 7.89. The van der Waals surface area contributed by atoms with E-state index >= 15 is 0 Å². The number of nitrogens with zero attached hydrogens (tertiary/aromatic N) is 1. The molecule has 1 aromatic heterocycles. The van der Waals surface area contributed by atoms with Gasteiger partial charge < -0.3 is 5.73 Å². The van der Waals surface area contributed by atoms with Gasteiger partial charge >= 0.3 is 0 Å². The van der Waals surface area contributed by atoms with Crippen molar-refractivity contribution in [3.05, 3.63) is 11.4 Å². The molecule has 1 heterocycles. The van der Waals surface area contributed by atoms with Gasteiger partial charge in [-0.2, -0.15) is 5.10 Å². The van der Waals surface area contributed by atoms with Crippen LogP contribution in [-0.2, 0) is 16.6 Å². The van der Waals surface area contributed by atoms with Gasteiger partial charge in [-0.3, -0.25) is 5.10 Å². The average molecular weight is 246 g/mol. The van der Waals surface area contributed by atoms with E-state index in [9.17, 15) is 8.42 Å². The lowest BCUT2D eigenvalue weighted by molar-refractivity contribution is 0.558. The first kappa shape index (κ1) is 13.1. The molecular formula is C9H18N4O2S. The van der Waals surface area contributed by atoms with Crippen molar-refractivity contribution in [2.45, 2.75) is 32.2 Å². The third-order valence-electron chi connectivity index (χ3n) is 2.10. The standard InChI is InChI=1S/C9H18N4O2S/c1-6(2)5-11-16(14,15)9-7(3)12-13-8(9)4-10/h6,11H,4-5,10H2,1-3H3,(H,12,13). The maximum absolute atomic E-state index is 12.0. The molecule has 0 atom stereocenters. The minimum atomic E-state index is -3.51. The number of aromatic amines is 1. The number of sulfonamides is 1. The van der Waals surface area contributed by atoms with Gasteiger partial charge in [-0.1, -0.05) is 13.8 Å². The Labute approximate surface area is 95.7 Å². The minimum Gasteiger partial charge on any atom is -0.325 e. The summed E-state index contributed by atoms with van der Waals surface area (Å²) in [6.45, 7) is 6.04. The molecule has 1 aromatic rings. The topological polar surface area (TPSA) is 101 Å². The number of nitrogens with one attached hydrogen (secondary N) is 2. The molecule has 6 nitrogen and oxygen atoms in total. The lowest BCUT2D eigenvalue weighted by atomic mass is 10.2. The monoisotopic (exact) mass is 246 g/mol. The number of aryl methyl sites for hydroxylation is 1. The Hall–Kier alpha value is -0.920. The van der Waals surface area contributed by atoms with Crippen molar-refractivity contribution in [1.29, 1.82) is 0 Å². The van der Waals surface area contributed by atoms with E-state index in [0.29, 0.717) is 17.9 Å². The Morgan fingerprint density at radius 3 is 2.62 bits per heavy atom. The number of H-pyrrole nitrogens is 1.